The Morgan fingerprint density at radius 2 is 1.81 bits per heavy atom. The van der Waals surface area contributed by atoms with E-state index >= 15 is 0 Å². The van der Waals surface area contributed by atoms with Gasteiger partial charge in [-0.3, -0.25) is 9.69 Å². The van der Waals surface area contributed by atoms with Crippen molar-refractivity contribution in [2.75, 3.05) is 26.2 Å². The minimum absolute atomic E-state index is 0.324. The van der Waals surface area contributed by atoms with E-state index < -0.39 is 0 Å². The molecule has 1 unspecified atom stereocenters. The second kappa shape index (κ2) is 6.61. The maximum atomic E-state index is 12.5. The van der Waals surface area contributed by atoms with Crippen LogP contribution < -0.4 is 0 Å². The van der Waals surface area contributed by atoms with Crippen molar-refractivity contribution in [1.82, 2.24) is 9.80 Å². The van der Waals surface area contributed by atoms with Crippen LogP contribution in [0.1, 0.15) is 44.2 Å². The van der Waals surface area contributed by atoms with E-state index in [1.807, 2.05) is 0 Å². The fourth-order valence-electron chi connectivity index (χ4n) is 3.60. The molecular weight excluding hydrogens is 260 g/mol. The third-order valence-corrected chi connectivity index (χ3v) is 5.02. The van der Waals surface area contributed by atoms with Gasteiger partial charge in [0.1, 0.15) is 0 Å². The van der Waals surface area contributed by atoms with Crippen molar-refractivity contribution in [3.05, 3.63) is 35.9 Å². The number of rotatable bonds is 3. The van der Waals surface area contributed by atoms with Crippen LogP contribution in [0.2, 0.25) is 0 Å². The second-order valence-electron chi connectivity index (χ2n) is 6.60. The molecule has 3 rings (SSSR count). The van der Waals surface area contributed by atoms with Crippen LogP contribution in [0.15, 0.2) is 30.3 Å². The number of benzene rings is 1. The zero-order valence-corrected chi connectivity index (χ0v) is 13.0. The number of hydrogen-bond donors (Lipinski definition) is 0. The van der Waals surface area contributed by atoms with Gasteiger partial charge in [-0.2, -0.15) is 0 Å². The molecule has 2 aliphatic rings. The molecule has 1 amide bonds. The fraction of sp³-hybridized carbons (Fsp3) is 0.611. The average Bonchev–Trinajstić information content (AvgIpc) is 2.97. The number of carbonyl (C=O) groups excluding carboxylic acids is 1. The van der Waals surface area contributed by atoms with E-state index in [9.17, 15) is 4.79 Å². The zero-order chi connectivity index (χ0) is 14.7. The van der Waals surface area contributed by atoms with Crippen molar-refractivity contribution in [2.45, 2.75) is 38.6 Å². The molecule has 0 aromatic heterocycles. The van der Waals surface area contributed by atoms with Gasteiger partial charge >= 0.3 is 0 Å². The molecule has 3 heteroatoms. The summed E-state index contributed by atoms with van der Waals surface area (Å²) in [5.41, 5.74) is 1.36. The first-order valence-electron chi connectivity index (χ1n) is 8.31. The highest BCUT2D eigenvalue weighted by molar-refractivity contribution is 5.78. The van der Waals surface area contributed by atoms with Gasteiger partial charge < -0.3 is 4.90 Å². The van der Waals surface area contributed by atoms with Crippen LogP contribution in [0.4, 0.5) is 0 Å². The lowest BCUT2D eigenvalue weighted by molar-refractivity contribution is -0.134. The Balaban J connectivity index is 1.60. The lowest BCUT2D eigenvalue weighted by Crippen LogP contribution is -2.43. The SMILES string of the molecule is CC1CCN(C(=O)CN2CCCC2c2ccccc2)CC1. The molecular formula is C18H26N2O. The van der Waals surface area contributed by atoms with Crippen LogP contribution in [0.5, 0.6) is 0 Å². The molecule has 0 spiro atoms. The van der Waals surface area contributed by atoms with Crippen LogP contribution in [-0.4, -0.2) is 41.9 Å². The van der Waals surface area contributed by atoms with E-state index in [1.165, 1.54) is 18.4 Å². The zero-order valence-electron chi connectivity index (χ0n) is 13.0. The van der Waals surface area contributed by atoms with E-state index in [-0.39, 0.29) is 0 Å². The summed E-state index contributed by atoms with van der Waals surface area (Å²) in [4.78, 5) is 17.0. The molecule has 2 heterocycles. The molecule has 0 N–H and O–H groups in total. The third-order valence-electron chi connectivity index (χ3n) is 5.02. The van der Waals surface area contributed by atoms with Crippen molar-refractivity contribution in [3.63, 3.8) is 0 Å². The first-order chi connectivity index (χ1) is 10.2. The summed E-state index contributed by atoms with van der Waals surface area (Å²) in [6.07, 6.45) is 4.69. The Labute approximate surface area is 127 Å². The van der Waals surface area contributed by atoms with Gasteiger partial charge in [-0.25, -0.2) is 0 Å². The summed E-state index contributed by atoms with van der Waals surface area (Å²) >= 11 is 0. The number of nitrogens with zero attached hydrogens (tertiary/aromatic N) is 2. The Bertz CT molecular complexity index is 465. The predicted molar refractivity (Wildman–Crippen MR) is 85.0 cm³/mol. The minimum Gasteiger partial charge on any atom is -0.342 e. The molecule has 1 aromatic carbocycles. The average molecular weight is 286 g/mol. The summed E-state index contributed by atoms with van der Waals surface area (Å²) < 4.78 is 0. The molecule has 3 nitrogen and oxygen atoms in total. The summed E-state index contributed by atoms with van der Waals surface area (Å²) in [6.45, 7) is 5.82. The topological polar surface area (TPSA) is 23.6 Å². The number of carbonyl (C=O) groups is 1. The standard InChI is InChI=1S/C18H26N2O/c1-15-9-12-19(13-10-15)18(21)14-20-11-5-8-17(20)16-6-3-2-4-7-16/h2-4,6-7,15,17H,5,8-14H2,1H3. The van der Waals surface area contributed by atoms with Gasteiger partial charge in [0.2, 0.25) is 5.91 Å². The molecule has 1 atom stereocenters. The molecule has 1 aromatic rings. The van der Waals surface area contributed by atoms with Crippen LogP contribution in [0, 0.1) is 5.92 Å². The van der Waals surface area contributed by atoms with E-state index in [1.54, 1.807) is 0 Å². The summed E-state index contributed by atoms with van der Waals surface area (Å²) in [5, 5.41) is 0. The van der Waals surface area contributed by atoms with Gasteiger partial charge in [0.25, 0.3) is 0 Å². The highest BCUT2D eigenvalue weighted by Crippen LogP contribution is 2.31. The monoisotopic (exact) mass is 286 g/mol. The largest absolute Gasteiger partial charge is 0.342 e. The van der Waals surface area contributed by atoms with Gasteiger partial charge in [0.05, 0.1) is 6.54 Å². The van der Waals surface area contributed by atoms with Crippen LogP contribution in [-0.2, 0) is 4.79 Å². The number of piperidine rings is 1. The highest BCUT2D eigenvalue weighted by atomic mass is 16.2. The Morgan fingerprint density at radius 1 is 1.10 bits per heavy atom. The van der Waals surface area contributed by atoms with Gasteiger partial charge in [-0.1, -0.05) is 37.3 Å². The summed E-state index contributed by atoms with van der Waals surface area (Å²) in [7, 11) is 0. The third kappa shape index (κ3) is 3.46. The number of amides is 1. The Hall–Kier alpha value is -1.35. The van der Waals surface area contributed by atoms with Gasteiger partial charge in [0, 0.05) is 19.1 Å². The number of likely N-dealkylation sites (tertiary alicyclic amines) is 2. The lowest BCUT2D eigenvalue weighted by Gasteiger charge is -2.33. The molecule has 0 saturated carbocycles. The molecule has 114 valence electrons. The van der Waals surface area contributed by atoms with E-state index in [4.69, 9.17) is 0 Å². The van der Waals surface area contributed by atoms with Crippen molar-refractivity contribution >= 4 is 5.91 Å². The predicted octanol–water partition coefficient (Wildman–Crippen LogP) is 3.08. The molecule has 2 fully saturated rings. The molecule has 2 aliphatic heterocycles. The Kier molecular flexibility index (Phi) is 4.59. The van der Waals surface area contributed by atoms with Crippen molar-refractivity contribution in [1.29, 1.82) is 0 Å². The summed E-state index contributed by atoms with van der Waals surface area (Å²) in [6, 6.07) is 11.1. The van der Waals surface area contributed by atoms with Gasteiger partial charge in [0.15, 0.2) is 0 Å². The summed E-state index contributed by atoms with van der Waals surface area (Å²) in [5.74, 6) is 1.10. The van der Waals surface area contributed by atoms with Gasteiger partial charge in [-0.15, -0.1) is 0 Å². The van der Waals surface area contributed by atoms with Crippen LogP contribution >= 0.6 is 0 Å². The van der Waals surface area contributed by atoms with Crippen LogP contribution in [0.25, 0.3) is 0 Å². The van der Waals surface area contributed by atoms with E-state index in [0.717, 1.165) is 38.4 Å². The van der Waals surface area contributed by atoms with Crippen LogP contribution in [0.3, 0.4) is 0 Å². The Morgan fingerprint density at radius 3 is 2.52 bits per heavy atom. The molecule has 0 radical (unpaired) electrons. The molecule has 2 saturated heterocycles. The lowest BCUT2D eigenvalue weighted by atomic mass is 9.99. The smallest absolute Gasteiger partial charge is 0.236 e. The van der Waals surface area contributed by atoms with Gasteiger partial charge in [-0.05, 0) is 43.7 Å². The van der Waals surface area contributed by atoms with Crippen molar-refractivity contribution in [3.8, 4) is 0 Å². The number of hydrogen-bond acceptors (Lipinski definition) is 2. The normalized spacial score (nSPS) is 24.4. The first kappa shape index (κ1) is 14.6. The highest BCUT2D eigenvalue weighted by Gasteiger charge is 2.29. The minimum atomic E-state index is 0.324. The quantitative estimate of drug-likeness (QED) is 0.852. The second-order valence-corrected chi connectivity index (χ2v) is 6.60. The molecule has 0 aliphatic carbocycles. The maximum absolute atomic E-state index is 12.5. The van der Waals surface area contributed by atoms with Crippen molar-refractivity contribution in [2.24, 2.45) is 5.92 Å². The molecule has 21 heavy (non-hydrogen) atoms. The van der Waals surface area contributed by atoms with E-state index in [0.29, 0.717) is 18.5 Å². The maximum Gasteiger partial charge on any atom is 0.236 e. The molecule has 0 bridgehead atoms. The fourth-order valence-corrected chi connectivity index (χ4v) is 3.60. The van der Waals surface area contributed by atoms with E-state index in [2.05, 4.69) is 47.1 Å². The van der Waals surface area contributed by atoms with Crippen molar-refractivity contribution < 1.29 is 4.79 Å². The first-order valence-corrected chi connectivity index (χ1v) is 8.31.